The molecule has 2 aliphatic heterocycles. The van der Waals surface area contributed by atoms with Crippen molar-refractivity contribution in [1.82, 2.24) is 14.8 Å². The normalized spacial score (nSPS) is 20.1. The Kier molecular flexibility index (Phi) is 6.32. The lowest BCUT2D eigenvalue weighted by molar-refractivity contribution is 0.0563. The van der Waals surface area contributed by atoms with E-state index in [0.717, 1.165) is 72.3 Å². The molecule has 7 nitrogen and oxygen atoms in total. The first kappa shape index (κ1) is 23.0. The van der Waals surface area contributed by atoms with Gasteiger partial charge < -0.3 is 19.4 Å². The Morgan fingerprint density at radius 3 is 2.44 bits per heavy atom. The van der Waals surface area contributed by atoms with E-state index in [4.69, 9.17) is 4.42 Å². The average molecular weight is 485 g/mol. The summed E-state index contributed by atoms with van der Waals surface area (Å²) in [6.07, 6.45) is 11.0. The number of nitrogens with zero attached hydrogens (tertiary/aromatic N) is 4. The number of aromatic nitrogens is 1. The quantitative estimate of drug-likeness (QED) is 0.405. The lowest BCUT2D eigenvalue weighted by Gasteiger charge is -2.40. The van der Waals surface area contributed by atoms with E-state index < -0.39 is 0 Å². The molecule has 4 heterocycles. The van der Waals surface area contributed by atoms with Crippen molar-refractivity contribution < 1.29 is 14.4 Å². The second kappa shape index (κ2) is 9.90. The van der Waals surface area contributed by atoms with E-state index in [-0.39, 0.29) is 5.91 Å². The highest BCUT2D eigenvalue weighted by Gasteiger charge is 2.30. The van der Waals surface area contributed by atoms with Gasteiger partial charge in [-0.15, -0.1) is 0 Å². The number of aryl methyl sites for hydroxylation is 1. The molecule has 0 radical (unpaired) electrons. The van der Waals surface area contributed by atoms with Crippen LogP contribution in [-0.4, -0.2) is 63.8 Å². The molecular weight excluding hydrogens is 452 g/mol. The lowest BCUT2D eigenvalue weighted by atomic mass is 9.98. The van der Waals surface area contributed by atoms with Crippen LogP contribution in [0.15, 0.2) is 58.4 Å². The fraction of sp³-hybridized carbons (Fsp3) is 0.414. The molecule has 0 saturated carbocycles. The Hall–Kier alpha value is -3.45. The number of oxime groups is 1. The van der Waals surface area contributed by atoms with Crippen molar-refractivity contribution in [1.29, 1.82) is 0 Å². The molecule has 1 N–H and O–H groups in total. The molecule has 0 unspecified atom stereocenters. The van der Waals surface area contributed by atoms with E-state index in [9.17, 15) is 10.0 Å². The lowest BCUT2D eigenvalue weighted by Crippen LogP contribution is -2.48. The predicted octanol–water partition coefficient (Wildman–Crippen LogP) is 5.22. The molecule has 3 aliphatic rings. The van der Waals surface area contributed by atoms with Gasteiger partial charge >= 0.3 is 0 Å². The summed E-state index contributed by atoms with van der Waals surface area (Å²) in [5.41, 5.74) is 5.64. The highest BCUT2D eigenvalue weighted by Crippen LogP contribution is 2.38. The zero-order valence-corrected chi connectivity index (χ0v) is 20.5. The summed E-state index contributed by atoms with van der Waals surface area (Å²) in [7, 11) is 0. The van der Waals surface area contributed by atoms with E-state index in [0.29, 0.717) is 17.6 Å². The minimum Gasteiger partial charge on any atom is -0.450 e. The number of benzene rings is 1. The molecule has 1 amide bonds. The first-order chi connectivity index (χ1) is 17.7. The Labute approximate surface area is 211 Å². The van der Waals surface area contributed by atoms with Gasteiger partial charge in [-0.2, -0.15) is 0 Å². The molecule has 6 rings (SSSR count). The third kappa shape index (κ3) is 4.32. The van der Waals surface area contributed by atoms with Crippen LogP contribution in [-0.2, 0) is 6.42 Å². The minimum absolute atomic E-state index is 0.0375. The number of likely N-dealkylation sites (tertiary alicyclic amines) is 2. The molecule has 2 saturated heterocycles. The molecule has 0 spiro atoms. The van der Waals surface area contributed by atoms with Crippen molar-refractivity contribution in [2.75, 3.05) is 26.2 Å². The van der Waals surface area contributed by atoms with Gasteiger partial charge in [0.2, 0.25) is 0 Å². The molecule has 0 atom stereocenters. The largest absolute Gasteiger partial charge is 0.450 e. The number of piperidine rings is 2. The van der Waals surface area contributed by atoms with E-state index >= 15 is 0 Å². The average Bonchev–Trinajstić information content (AvgIpc) is 3.58. The number of hydrogen-bond donors (Lipinski definition) is 1. The molecular formula is C29H32N4O3. The molecule has 3 aromatic rings. The summed E-state index contributed by atoms with van der Waals surface area (Å²) >= 11 is 0. The summed E-state index contributed by atoms with van der Waals surface area (Å²) in [5, 5.41) is 12.7. The van der Waals surface area contributed by atoms with Gasteiger partial charge in [0.05, 0.1) is 5.71 Å². The van der Waals surface area contributed by atoms with Crippen LogP contribution in [0.4, 0.5) is 0 Å². The Morgan fingerprint density at radius 1 is 0.917 bits per heavy atom. The number of hydrogen-bond acceptors (Lipinski definition) is 6. The van der Waals surface area contributed by atoms with Gasteiger partial charge in [-0.3, -0.25) is 9.78 Å². The second-order valence-corrected chi connectivity index (χ2v) is 10.1. The number of carbonyl (C=O) groups is 1. The predicted molar refractivity (Wildman–Crippen MR) is 138 cm³/mol. The molecule has 2 fully saturated rings. The number of pyridine rings is 1. The maximum Gasteiger partial charge on any atom is 0.289 e. The van der Waals surface area contributed by atoms with Gasteiger partial charge in [0.25, 0.3) is 5.91 Å². The van der Waals surface area contributed by atoms with E-state index in [1.54, 1.807) is 12.4 Å². The van der Waals surface area contributed by atoms with E-state index in [1.807, 2.05) is 35.2 Å². The van der Waals surface area contributed by atoms with Crippen LogP contribution in [0, 0.1) is 0 Å². The molecule has 36 heavy (non-hydrogen) atoms. The first-order valence-electron chi connectivity index (χ1n) is 13.1. The third-order valence-corrected chi connectivity index (χ3v) is 8.02. The fourth-order valence-corrected chi connectivity index (χ4v) is 6.04. The SMILES string of the molecule is O=C(c1cc(-c2ccc3c(c2)CCC3=NO)c(-c2ccncc2)o1)N1CCC(N2CCCCC2)CC1. The van der Waals surface area contributed by atoms with Crippen LogP contribution in [0.1, 0.15) is 60.2 Å². The van der Waals surface area contributed by atoms with E-state index in [1.165, 1.54) is 32.4 Å². The van der Waals surface area contributed by atoms with Crippen LogP contribution < -0.4 is 0 Å². The Balaban J connectivity index is 1.27. The number of carbonyl (C=O) groups excluding carboxylic acids is 1. The molecule has 1 aromatic carbocycles. The molecule has 0 bridgehead atoms. The Bertz CT molecular complexity index is 1270. The van der Waals surface area contributed by atoms with Crippen molar-refractivity contribution in [3.05, 3.63) is 65.7 Å². The molecule has 186 valence electrons. The summed E-state index contributed by atoms with van der Waals surface area (Å²) in [5.74, 6) is 1.02. The third-order valence-electron chi connectivity index (χ3n) is 8.02. The fourth-order valence-electron chi connectivity index (χ4n) is 6.04. The standard InChI is InChI=1S/C29H32N4O3/c34-29(33-16-10-23(11-17-33)32-14-2-1-3-15-32)27-19-25(28(36-27)20-8-12-30-13-9-20)22-4-6-24-21(18-22)5-7-26(24)31-35/h4,6,8-9,12-13,18-19,23,35H,1-3,5,7,10-11,14-17H2. The van der Waals surface area contributed by atoms with Gasteiger partial charge in [-0.25, -0.2) is 0 Å². The highest BCUT2D eigenvalue weighted by molar-refractivity contribution is 6.05. The topological polar surface area (TPSA) is 82.2 Å². The number of amides is 1. The van der Waals surface area contributed by atoms with Gasteiger partial charge in [0, 0.05) is 48.2 Å². The molecule has 1 aliphatic carbocycles. The van der Waals surface area contributed by atoms with Gasteiger partial charge in [-0.05, 0) is 80.9 Å². The zero-order chi connectivity index (χ0) is 24.5. The smallest absolute Gasteiger partial charge is 0.289 e. The summed E-state index contributed by atoms with van der Waals surface area (Å²) in [6, 6.07) is 12.4. The van der Waals surface area contributed by atoms with Crippen LogP contribution in [0.2, 0.25) is 0 Å². The monoisotopic (exact) mass is 484 g/mol. The van der Waals surface area contributed by atoms with Gasteiger partial charge in [0.15, 0.2) is 5.76 Å². The number of fused-ring (bicyclic) bond motifs is 1. The van der Waals surface area contributed by atoms with E-state index in [2.05, 4.69) is 21.1 Å². The number of rotatable bonds is 4. The molecule has 7 heteroatoms. The molecule has 2 aromatic heterocycles. The summed E-state index contributed by atoms with van der Waals surface area (Å²) in [4.78, 5) is 22.3. The Morgan fingerprint density at radius 2 is 1.69 bits per heavy atom. The highest BCUT2D eigenvalue weighted by atomic mass is 16.4. The summed E-state index contributed by atoms with van der Waals surface area (Å²) in [6.45, 7) is 3.93. The first-order valence-corrected chi connectivity index (χ1v) is 13.1. The van der Waals surface area contributed by atoms with Gasteiger partial charge in [0.1, 0.15) is 5.76 Å². The van der Waals surface area contributed by atoms with Crippen molar-refractivity contribution in [2.45, 2.75) is 51.0 Å². The number of furan rings is 1. The van der Waals surface area contributed by atoms with Crippen LogP contribution >= 0.6 is 0 Å². The minimum atomic E-state index is -0.0375. The maximum atomic E-state index is 13.5. The van der Waals surface area contributed by atoms with Crippen molar-refractivity contribution in [3.63, 3.8) is 0 Å². The van der Waals surface area contributed by atoms with Crippen LogP contribution in [0.5, 0.6) is 0 Å². The maximum absolute atomic E-state index is 13.5. The second-order valence-electron chi connectivity index (χ2n) is 10.1. The summed E-state index contributed by atoms with van der Waals surface area (Å²) < 4.78 is 6.28. The van der Waals surface area contributed by atoms with Crippen molar-refractivity contribution in [3.8, 4) is 22.5 Å². The van der Waals surface area contributed by atoms with Crippen LogP contribution in [0.3, 0.4) is 0 Å². The zero-order valence-electron chi connectivity index (χ0n) is 20.5. The van der Waals surface area contributed by atoms with Crippen molar-refractivity contribution in [2.24, 2.45) is 5.16 Å². The van der Waals surface area contributed by atoms with Crippen molar-refractivity contribution >= 4 is 11.6 Å². The van der Waals surface area contributed by atoms with Gasteiger partial charge in [-0.1, -0.05) is 29.8 Å². The van der Waals surface area contributed by atoms with Crippen LogP contribution in [0.25, 0.3) is 22.5 Å².